The van der Waals surface area contributed by atoms with Crippen LogP contribution in [0.15, 0.2) is 29.4 Å². The molecule has 1 atom stereocenters. The van der Waals surface area contributed by atoms with Crippen molar-refractivity contribution >= 4 is 11.8 Å². The Hall–Kier alpha value is -1.86. The molecule has 1 aromatic heterocycles. The number of aliphatic imine (C=N–C) groups is 1. The Bertz CT molecular complexity index is 594. The van der Waals surface area contributed by atoms with Gasteiger partial charge in [0.05, 0.1) is 19.8 Å². The van der Waals surface area contributed by atoms with Crippen molar-refractivity contribution in [2.75, 3.05) is 70.5 Å². The van der Waals surface area contributed by atoms with E-state index < -0.39 is 0 Å². The average molecular weight is 389 g/mol. The predicted molar refractivity (Wildman–Crippen MR) is 115 cm³/mol. The van der Waals surface area contributed by atoms with Gasteiger partial charge in [-0.3, -0.25) is 9.89 Å². The summed E-state index contributed by atoms with van der Waals surface area (Å²) < 4.78 is 5.53. The Morgan fingerprint density at radius 2 is 1.89 bits per heavy atom. The van der Waals surface area contributed by atoms with Crippen molar-refractivity contribution in [2.45, 2.75) is 26.8 Å². The first kappa shape index (κ1) is 20.9. The van der Waals surface area contributed by atoms with Crippen LogP contribution in [0.2, 0.25) is 0 Å². The van der Waals surface area contributed by atoms with E-state index in [0.29, 0.717) is 12.0 Å². The first-order valence-corrected chi connectivity index (χ1v) is 10.7. The molecular formula is C21H36N6O. The number of guanidine groups is 1. The normalized spacial score (nSPS) is 20.5. The van der Waals surface area contributed by atoms with E-state index in [1.165, 1.54) is 0 Å². The zero-order chi connectivity index (χ0) is 19.8. The summed E-state index contributed by atoms with van der Waals surface area (Å²) in [7, 11) is 0. The fraction of sp³-hybridized carbons (Fsp3) is 0.714. The molecule has 1 unspecified atom stereocenters. The first-order chi connectivity index (χ1) is 13.7. The first-order valence-electron chi connectivity index (χ1n) is 10.7. The molecule has 3 rings (SSSR count). The molecule has 0 aromatic carbocycles. The van der Waals surface area contributed by atoms with Crippen LogP contribution >= 0.6 is 0 Å². The molecule has 7 heteroatoms. The standard InChI is InChI=1S/C21H36N6O/c1-4-22-21(24-17-19(18(2)3)25-13-15-28-16-14-25)27-11-9-26(10-12-27)20-7-5-6-8-23-20/h5-8,18-19H,4,9-17H2,1-3H3,(H,22,24). The Balaban J connectivity index is 1.60. The predicted octanol–water partition coefficient (Wildman–Crippen LogP) is 1.53. The van der Waals surface area contributed by atoms with Gasteiger partial charge in [-0.15, -0.1) is 0 Å². The number of piperazine rings is 1. The number of pyridine rings is 1. The second kappa shape index (κ2) is 10.6. The average Bonchev–Trinajstić information content (AvgIpc) is 2.74. The molecule has 0 bridgehead atoms. The van der Waals surface area contributed by atoms with Gasteiger partial charge in [0.1, 0.15) is 5.82 Å². The van der Waals surface area contributed by atoms with Crippen LogP contribution in [0.25, 0.3) is 0 Å². The maximum absolute atomic E-state index is 5.53. The fourth-order valence-corrected chi connectivity index (χ4v) is 3.95. The second-order valence-electron chi connectivity index (χ2n) is 7.82. The molecule has 0 aliphatic carbocycles. The number of aromatic nitrogens is 1. The topological polar surface area (TPSA) is 56.2 Å². The van der Waals surface area contributed by atoms with Gasteiger partial charge in [0, 0.05) is 58.1 Å². The lowest BCUT2D eigenvalue weighted by Crippen LogP contribution is -2.53. The van der Waals surface area contributed by atoms with Gasteiger partial charge in [-0.25, -0.2) is 4.98 Å². The van der Waals surface area contributed by atoms with Crippen molar-refractivity contribution in [1.29, 1.82) is 0 Å². The quantitative estimate of drug-likeness (QED) is 0.589. The Morgan fingerprint density at radius 3 is 2.50 bits per heavy atom. The molecule has 28 heavy (non-hydrogen) atoms. The zero-order valence-corrected chi connectivity index (χ0v) is 17.7. The number of hydrogen-bond donors (Lipinski definition) is 1. The van der Waals surface area contributed by atoms with E-state index in [0.717, 1.165) is 77.3 Å². The monoisotopic (exact) mass is 388 g/mol. The maximum atomic E-state index is 5.53. The molecule has 156 valence electrons. The summed E-state index contributed by atoms with van der Waals surface area (Å²) in [5, 5.41) is 3.50. The lowest BCUT2D eigenvalue weighted by Gasteiger charge is -2.38. The molecule has 2 aliphatic heterocycles. The zero-order valence-electron chi connectivity index (χ0n) is 17.7. The third-order valence-corrected chi connectivity index (χ3v) is 5.60. The van der Waals surface area contributed by atoms with Crippen molar-refractivity contribution in [3.05, 3.63) is 24.4 Å². The third-order valence-electron chi connectivity index (χ3n) is 5.60. The highest BCUT2D eigenvalue weighted by Gasteiger charge is 2.25. The minimum absolute atomic E-state index is 0.465. The number of nitrogens with one attached hydrogen (secondary N) is 1. The van der Waals surface area contributed by atoms with Crippen LogP contribution in [0.1, 0.15) is 20.8 Å². The van der Waals surface area contributed by atoms with Gasteiger partial charge in [0.25, 0.3) is 0 Å². The Morgan fingerprint density at radius 1 is 1.14 bits per heavy atom. The molecule has 7 nitrogen and oxygen atoms in total. The minimum Gasteiger partial charge on any atom is -0.379 e. The van der Waals surface area contributed by atoms with E-state index in [1.807, 2.05) is 12.3 Å². The van der Waals surface area contributed by atoms with E-state index in [-0.39, 0.29) is 0 Å². The van der Waals surface area contributed by atoms with E-state index in [4.69, 9.17) is 9.73 Å². The number of ether oxygens (including phenoxy) is 1. The summed E-state index contributed by atoms with van der Waals surface area (Å²) in [6.07, 6.45) is 1.87. The second-order valence-corrected chi connectivity index (χ2v) is 7.82. The van der Waals surface area contributed by atoms with Crippen LogP contribution in [0.3, 0.4) is 0 Å². The largest absolute Gasteiger partial charge is 0.379 e. The highest BCUT2D eigenvalue weighted by atomic mass is 16.5. The SMILES string of the molecule is CCNC(=NCC(C(C)C)N1CCOCC1)N1CCN(c2ccccn2)CC1. The molecule has 0 amide bonds. The van der Waals surface area contributed by atoms with Crippen LogP contribution < -0.4 is 10.2 Å². The molecular weight excluding hydrogens is 352 g/mol. The smallest absolute Gasteiger partial charge is 0.194 e. The van der Waals surface area contributed by atoms with Crippen LogP contribution in [0.5, 0.6) is 0 Å². The van der Waals surface area contributed by atoms with E-state index >= 15 is 0 Å². The van der Waals surface area contributed by atoms with Crippen molar-refractivity contribution in [2.24, 2.45) is 10.9 Å². The van der Waals surface area contributed by atoms with Crippen LogP contribution in [0.4, 0.5) is 5.82 Å². The molecule has 1 N–H and O–H groups in total. The van der Waals surface area contributed by atoms with Gasteiger partial charge < -0.3 is 19.9 Å². The van der Waals surface area contributed by atoms with Gasteiger partial charge in [-0.2, -0.15) is 0 Å². The van der Waals surface area contributed by atoms with Crippen LogP contribution in [-0.4, -0.2) is 92.4 Å². The number of morpholine rings is 1. The van der Waals surface area contributed by atoms with Crippen molar-refractivity contribution in [3.63, 3.8) is 0 Å². The fourth-order valence-electron chi connectivity index (χ4n) is 3.95. The molecule has 3 heterocycles. The lowest BCUT2D eigenvalue weighted by molar-refractivity contribution is 0.00862. The molecule has 0 radical (unpaired) electrons. The summed E-state index contributed by atoms with van der Waals surface area (Å²) in [4.78, 5) is 16.8. The third kappa shape index (κ3) is 5.58. The summed E-state index contributed by atoms with van der Waals surface area (Å²) in [6, 6.07) is 6.57. The Kier molecular flexibility index (Phi) is 7.91. The molecule has 0 saturated carbocycles. The number of rotatable bonds is 6. The van der Waals surface area contributed by atoms with Gasteiger partial charge in [-0.05, 0) is 25.0 Å². The van der Waals surface area contributed by atoms with E-state index in [2.05, 4.69) is 57.9 Å². The summed E-state index contributed by atoms with van der Waals surface area (Å²) >= 11 is 0. The van der Waals surface area contributed by atoms with Gasteiger partial charge >= 0.3 is 0 Å². The Labute approximate surface area is 169 Å². The summed E-state index contributed by atoms with van der Waals surface area (Å²) in [6.45, 7) is 16.0. The van der Waals surface area contributed by atoms with Crippen molar-refractivity contribution in [3.8, 4) is 0 Å². The molecule has 2 saturated heterocycles. The molecule has 0 spiro atoms. The molecule has 2 fully saturated rings. The van der Waals surface area contributed by atoms with E-state index in [9.17, 15) is 0 Å². The maximum Gasteiger partial charge on any atom is 0.194 e. The number of anilines is 1. The van der Waals surface area contributed by atoms with Crippen LogP contribution in [-0.2, 0) is 4.74 Å². The van der Waals surface area contributed by atoms with Gasteiger partial charge in [0.2, 0.25) is 0 Å². The van der Waals surface area contributed by atoms with E-state index in [1.54, 1.807) is 0 Å². The van der Waals surface area contributed by atoms with Gasteiger partial charge in [-0.1, -0.05) is 19.9 Å². The van der Waals surface area contributed by atoms with Crippen LogP contribution in [0, 0.1) is 5.92 Å². The van der Waals surface area contributed by atoms with Gasteiger partial charge in [0.15, 0.2) is 5.96 Å². The molecule has 1 aromatic rings. The summed E-state index contributed by atoms with van der Waals surface area (Å²) in [5.74, 6) is 2.68. The molecule has 2 aliphatic rings. The van der Waals surface area contributed by atoms with Crippen molar-refractivity contribution in [1.82, 2.24) is 20.1 Å². The summed E-state index contributed by atoms with van der Waals surface area (Å²) in [5.41, 5.74) is 0. The van der Waals surface area contributed by atoms with Crippen molar-refractivity contribution < 1.29 is 4.74 Å². The number of hydrogen-bond acceptors (Lipinski definition) is 5. The highest BCUT2D eigenvalue weighted by Crippen LogP contribution is 2.15. The number of nitrogens with zero attached hydrogens (tertiary/aromatic N) is 5. The lowest BCUT2D eigenvalue weighted by atomic mass is 10.0. The minimum atomic E-state index is 0.465. The highest BCUT2D eigenvalue weighted by molar-refractivity contribution is 5.80.